The second-order valence-corrected chi connectivity index (χ2v) is 3.13. The Kier molecular flexibility index (Phi) is 3.19. The van der Waals surface area contributed by atoms with Gasteiger partial charge in [-0.05, 0) is 6.54 Å². The molecule has 0 atom stereocenters. The van der Waals surface area contributed by atoms with Crippen molar-refractivity contribution in [3.05, 3.63) is 0 Å². The van der Waals surface area contributed by atoms with Crippen LogP contribution in [0.5, 0.6) is 0 Å². The van der Waals surface area contributed by atoms with Gasteiger partial charge in [0.05, 0.1) is 6.54 Å². The largest absolute Gasteiger partial charge is 0.479 e. The lowest BCUT2D eigenvalue weighted by Gasteiger charge is -2.28. The van der Waals surface area contributed by atoms with E-state index in [9.17, 15) is 17.7 Å². The van der Waals surface area contributed by atoms with Gasteiger partial charge in [-0.25, -0.2) is 0 Å². The summed E-state index contributed by atoms with van der Waals surface area (Å²) in [6.07, 6.45) is -0.784. The molecule has 1 fully saturated rings. The Morgan fingerprint density at radius 3 is 2.69 bits per heavy atom. The van der Waals surface area contributed by atoms with Crippen LogP contribution in [-0.2, 0) is 4.79 Å². The number of nitrogens with zero attached hydrogens (tertiary/aromatic N) is 1. The zero-order valence-electron chi connectivity index (χ0n) is 7.10. The van der Waals surface area contributed by atoms with E-state index in [-0.39, 0.29) is 19.0 Å². The van der Waals surface area contributed by atoms with Crippen LogP contribution >= 0.6 is 0 Å². The van der Waals surface area contributed by atoms with Crippen LogP contribution in [0.15, 0.2) is 0 Å². The number of piperazine rings is 1. The lowest BCUT2D eigenvalue weighted by atomic mass is 9.86. The number of amides is 1. The third-order valence-electron chi connectivity index (χ3n) is 1.89. The summed E-state index contributed by atoms with van der Waals surface area (Å²) in [5, 5.41) is 2.55. The Balaban J connectivity index is 2.25. The molecule has 1 saturated heterocycles. The number of nitrogens with one attached hydrogen (secondary N) is 1. The fourth-order valence-electron chi connectivity index (χ4n) is 1.21. The monoisotopic (exact) mass is 195 g/mol. The lowest BCUT2D eigenvalue weighted by Crippen LogP contribution is -2.48. The van der Waals surface area contributed by atoms with Crippen LogP contribution in [0.2, 0.25) is 6.32 Å². The van der Waals surface area contributed by atoms with Crippen LogP contribution in [-0.4, -0.2) is 44.0 Å². The van der Waals surface area contributed by atoms with Crippen molar-refractivity contribution in [2.24, 2.45) is 0 Å². The van der Waals surface area contributed by atoms with Gasteiger partial charge in [-0.2, -0.15) is 0 Å². The van der Waals surface area contributed by atoms with Crippen molar-refractivity contribution in [3.63, 3.8) is 0 Å². The van der Waals surface area contributed by atoms with E-state index < -0.39 is 13.3 Å². The molecule has 7 heteroatoms. The van der Waals surface area contributed by atoms with Gasteiger partial charge in [-0.15, -0.1) is 0 Å². The molecular weight excluding hydrogens is 184 g/mol. The van der Waals surface area contributed by atoms with E-state index in [1.807, 2.05) is 0 Å². The quantitative estimate of drug-likeness (QED) is 0.655. The van der Waals surface area contributed by atoms with Crippen molar-refractivity contribution in [1.82, 2.24) is 10.2 Å². The summed E-state index contributed by atoms with van der Waals surface area (Å²) in [6, 6.07) is 0. The van der Waals surface area contributed by atoms with E-state index in [0.29, 0.717) is 13.1 Å². The summed E-state index contributed by atoms with van der Waals surface area (Å²) in [7, 11) is 0. The maximum Gasteiger partial charge on any atom is 0.479 e. The zero-order valence-corrected chi connectivity index (χ0v) is 7.10. The SMILES string of the molecule is O=C1CN(CC[B-](F)(F)F)CCN1. The smallest absolute Gasteiger partial charge is 0.449 e. The highest BCUT2D eigenvalue weighted by Crippen LogP contribution is 2.15. The van der Waals surface area contributed by atoms with Gasteiger partial charge in [-0.1, -0.05) is 6.32 Å². The van der Waals surface area contributed by atoms with Gasteiger partial charge in [0.2, 0.25) is 5.91 Å². The summed E-state index contributed by atoms with van der Waals surface area (Å²) in [5.41, 5.74) is 0. The van der Waals surface area contributed by atoms with Crippen molar-refractivity contribution >= 4 is 12.9 Å². The molecule has 0 bridgehead atoms. The van der Waals surface area contributed by atoms with Crippen LogP contribution in [0.25, 0.3) is 0 Å². The summed E-state index contributed by atoms with van der Waals surface area (Å²) in [5.74, 6) is -0.194. The van der Waals surface area contributed by atoms with E-state index in [0.717, 1.165) is 0 Å². The van der Waals surface area contributed by atoms with Crippen LogP contribution in [0.1, 0.15) is 0 Å². The Bertz CT molecular complexity index is 197. The van der Waals surface area contributed by atoms with Crippen LogP contribution in [0.3, 0.4) is 0 Å². The third kappa shape index (κ3) is 4.16. The fourth-order valence-corrected chi connectivity index (χ4v) is 1.21. The minimum atomic E-state index is -4.72. The molecule has 0 aromatic carbocycles. The normalized spacial score (nSPS) is 20.1. The van der Waals surface area contributed by atoms with Crippen LogP contribution in [0.4, 0.5) is 12.9 Å². The summed E-state index contributed by atoms with van der Waals surface area (Å²) >= 11 is 0. The van der Waals surface area contributed by atoms with E-state index >= 15 is 0 Å². The molecule has 76 valence electrons. The molecule has 1 rings (SSSR count). The van der Waals surface area contributed by atoms with Gasteiger partial charge >= 0.3 is 6.98 Å². The van der Waals surface area contributed by atoms with Crippen LogP contribution < -0.4 is 5.32 Å². The summed E-state index contributed by atoms with van der Waals surface area (Å²) < 4.78 is 35.5. The number of rotatable bonds is 3. The average molecular weight is 195 g/mol. The van der Waals surface area contributed by atoms with E-state index in [1.54, 1.807) is 0 Å². The summed E-state index contributed by atoms with van der Waals surface area (Å²) in [4.78, 5) is 12.3. The number of carbonyl (C=O) groups is 1. The first-order valence-corrected chi connectivity index (χ1v) is 4.17. The maximum atomic E-state index is 11.8. The van der Waals surface area contributed by atoms with Crippen molar-refractivity contribution in [2.75, 3.05) is 26.2 Å². The van der Waals surface area contributed by atoms with Gasteiger partial charge in [0, 0.05) is 13.1 Å². The van der Waals surface area contributed by atoms with E-state index in [1.165, 1.54) is 4.90 Å². The molecular formula is C6H11BF3N2O-. The molecule has 1 aliphatic rings. The molecule has 1 amide bonds. The van der Waals surface area contributed by atoms with E-state index in [2.05, 4.69) is 5.32 Å². The molecule has 0 radical (unpaired) electrons. The maximum absolute atomic E-state index is 11.8. The van der Waals surface area contributed by atoms with Gasteiger partial charge in [-0.3, -0.25) is 9.69 Å². The van der Waals surface area contributed by atoms with Crippen molar-refractivity contribution < 1.29 is 17.7 Å². The fraction of sp³-hybridized carbons (Fsp3) is 0.833. The van der Waals surface area contributed by atoms with Gasteiger partial charge in [0.15, 0.2) is 0 Å². The minimum Gasteiger partial charge on any atom is -0.449 e. The number of carbonyl (C=O) groups excluding carboxylic acids is 1. The molecule has 0 unspecified atom stereocenters. The highest BCUT2D eigenvalue weighted by atomic mass is 19.4. The first-order valence-electron chi connectivity index (χ1n) is 4.17. The lowest BCUT2D eigenvalue weighted by molar-refractivity contribution is -0.124. The molecule has 0 saturated carbocycles. The van der Waals surface area contributed by atoms with Crippen LogP contribution in [0, 0.1) is 0 Å². The predicted molar refractivity (Wildman–Crippen MR) is 43.3 cm³/mol. The molecule has 1 aliphatic heterocycles. The molecule has 1 N–H and O–H groups in total. The van der Waals surface area contributed by atoms with Gasteiger partial charge in [0.1, 0.15) is 0 Å². The Morgan fingerprint density at radius 1 is 1.46 bits per heavy atom. The Hall–Kier alpha value is -0.715. The predicted octanol–water partition coefficient (Wildman–Crippen LogP) is 0.266. The molecule has 0 aromatic heterocycles. The molecule has 13 heavy (non-hydrogen) atoms. The standard InChI is InChI=1S/C6H11BF3N2O/c8-7(9,10)1-3-12-4-2-11-6(13)5-12/h1-5H2,(H,11,13)/q-1. The molecule has 3 nitrogen and oxygen atoms in total. The van der Waals surface area contributed by atoms with Crippen molar-refractivity contribution in [2.45, 2.75) is 6.32 Å². The number of hydrogen-bond donors (Lipinski definition) is 1. The average Bonchev–Trinajstić information content (AvgIpc) is 2.00. The Labute approximate surface area is 74.3 Å². The zero-order chi connectivity index (χ0) is 9.90. The molecule has 0 aliphatic carbocycles. The van der Waals surface area contributed by atoms with Crippen molar-refractivity contribution in [1.29, 1.82) is 0 Å². The second kappa shape index (κ2) is 4.00. The topological polar surface area (TPSA) is 32.3 Å². The molecule has 0 aromatic rings. The minimum absolute atomic E-state index is 0.0586. The van der Waals surface area contributed by atoms with E-state index in [4.69, 9.17) is 0 Å². The van der Waals surface area contributed by atoms with Gasteiger partial charge in [0.25, 0.3) is 0 Å². The first-order chi connectivity index (χ1) is 5.97. The molecule has 0 spiro atoms. The Morgan fingerprint density at radius 2 is 2.15 bits per heavy atom. The number of halogens is 3. The number of hydrogen-bond acceptors (Lipinski definition) is 2. The third-order valence-corrected chi connectivity index (χ3v) is 1.89. The van der Waals surface area contributed by atoms with Gasteiger partial charge < -0.3 is 18.3 Å². The van der Waals surface area contributed by atoms with Crippen molar-refractivity contribution in [3.8, 4) is 0 Å². The highest BCUT2D eigenvalue weighted by Gasteiger charge is 2.25. The highest BCUT2D eigenvalue weighted by molar-refractivity contribution is 6.58. The second-order valence-electron chi connectivity index (χ2n) is 3.13. The summed E-state index contributed by atoms with van der Waals surface area (Å²) in [6.45, 7) is -3.73. The molecule has 1 heterocycles. The first kappa shape index (κ1) is 10.4.